The maximum Gasteiger partial charge on any atom is 0.200 e. The Morgan fingerprint density at radius 3 is 2.70 bits per heavy atom. The number of pyridine rings is 1. The monoisotopic (exact) mass is 285 g/mol. The van der Waals surface area contributed by atoms with Crippen LogP contribution in [-0.4, -0.2) is 19.7 Å². The van der Waals surface area contributed by atoms with E-state index in [1.165, 1.54) is 0 Å². The minimum absolute atomic E-state index is 0.386. The lowest BCUT2D eigenvalue weighted by Gasteiger charge is -2.08. The number of rotatable bonds is 4. The highest BCUT2D eigenvalue weighted by Crippen LogP contribution is 2.28. The van der Waals surface area contributed by atoms with Crippen LogP contribution >= 0.6 is 11.8 Å². The van der Waals surface area contributed by atoms with Crippen molar-refractivity contribution in [1.82, 2.24) is 14.6 Å². The number of aliphatic hydroxyl groups is 1. The van der Waals surface area contributed by atoms with Gasteiger partial charge in [-0.25, -0.2) is 0 Å². The number of aliphatic hydroxyl groups excluding tert-OH is 1. The van der Waals surface area contributed by atoms with Gasteiger partial charge >= 0.3 is 0 Å². The van der Waals surface area contributed by atoms with E-state index in [-0.39, 0.29) is 6.10 Å². The minimum atomic E-state index is -0.386. The predicted molar refractivity (Wildman–Crippen MR) is 78.8 cm³/mol. The van der Waals surface area contributed by atoms with E-state index in [0.29, 0.717) is 0 Å². The van der Waals surface area contributed by atoms with Gasteiger partial charge in [0.05, 0.1) is 6.10 Å². The molecule has 20 heavy (non-hydrogen) atoms. The summed E-state index contributed by atoms with van der Waals surface area (Å²) in [5, 5.41) is 18.9. The molecule has 0 aliphatic rings. The second-order valence-electron chi connectivity index (χ2n) is 4.51. The normalized spacial score (nSPS) is 12.7. The molecule has 0 aliphatic heterocycles. The summed E-state index contributed by atoms with van der Waals surface area (Å²) < 4.78 is 1.96. The molecule has 0 fully saturated rings. The second-order valence-corrected chi connectivity index (χ2v) is 5.55. The third-order valence-electron chi connectivity index (χ3n) is 3.14. The van der Waals surface area contributed by atoms with Crippen LogP contribution in [0, 0.1) is 0 Å². The van der Waals surface area contributed by atoms with Crippen molar-refractivity contribution in [2.24, 2.45) is 0 Å². The van der Waals surface area contributed by atoms with E-state index < -0.39 is 0 Å². The molecule has 102 valence electrons. The Hall–Kier alpha value is -1.85. The van der Waals surface area contributed by atoms with Crippen LogP contribution in [0.3, 0.4) is 0 Å². The molecule has 3 rings (SSSR count). The first-order chi connectivity index (χ1) is 9.78. The number of benzene rings is 1. The van der Waals surface area contributed by atoms with Crippen molar-refractivity contribution in [2.75, 3.05) is 0 Å². The Balaban J connectivity index is 1.84. The molecule has 1 N–H and O–H groups in total. The van der Waals surface area contributed by atoms with E-state index in [0.717, 1.165) is 27.7 Å². The van der Waals surface area contributed by atoms with E-state index in [1.807, 2.05) is 60.0 Å². The van der Waals surface area contributed by atoms with Gasteiger partial charge in [0.15, 0.2) is 10.8 Å². The van der Waals surface area contributed by atoms with Crippen LogP contribution in [0.2, 0.25) is 0 Å². The van der Waals surface area contributed by atoms with Crippen LogP contribution < -0.4 is 0 Å². The van der Waals surface area contributed by atoms with Crippen molar-refractivity contribution in [3.05, 3.63) is 54.2 Å². The number of nitrogens with zero attached hydrogens (tertiary/aromatic N) is 3. The van der Waals surface area contributed by atoms with E-state index in [2.05, 4.69) is 10.2 Å². The Labute approximate surface area is 121 Å². The molecule has 3 aromatic rings. The van der Waals surface area contributed by atoms with Gasteiger partial charge in [0.1, 0.15) is 0 Å². The number of hydrogen-bond acceptors (Lipinski definition) is 4. The first kappa shape index (κ1) is 13.1. The first-order valence-corrected chi connectivity index (χ1v) is 7.35. The van der Waals surface area contributed by atoms with Gasteiger partial charge in [0, 0.05) is 11.1 Å². The second kappa shape index (κ2) is 5.64. The van der Waals surface area contributed by atoms with Gasteiger partial charge < -0.3 is 5.11 Å². The molecule has 0 saturated heterocycles. The van der Waals surface area contributed by atoms with Crippen molar-refractivity contribution in [1.29, 1.82) is 0 Å². The fourth-order valence-electron chi connectivity index (χ4n) is 1.99. The zero-order valence-corrected chi connectivity index (χ0v) is 11.9. The van der Waals surface area contributed by atoms with Crippen molar-refractivity contribution in [3.63, 3.8) is 0 Å². The lowest BCUT2D eigenvalue weighted by Crippen LogP contribution is -1.94. The van der Waals surface area contributed by atoms with Gasteiger partial charge in [-0.05, 0) is 48.0 Å². The zero-order chi connectivity index (χ0) is 13.9. The highest BCUT2D eigenvalue weighted by molar-refractivity contribution is 7.99. The van der Waals surface area contributed by atoms with Crippen LogP contribution in [0.4, 0.5) is 0 Å². The summed E-state index contributed by atoms with van der Waals surface area (Å²) >= 11 is 1.56. The first-order valence-electron chi connectivity index (χ1n) is 6.53. The largest absolute Gasteiger partial charge is 0.388 e. The summed E-state index contributed by atoms with van der Waals surface area (Å²) in [7, 11) is 0. The smallest absolute Gasteiger partial charge is 0.200 e. The van der Waals surface area contributed by atoms with Crippen molar-refractivity contribution in [2.45, 2.75) is 29.5 Å². The van der Waals surface area contributed by atoms with Crippen molar-refractivity contribution >= 4 is 17.4 Å². The fourth-order valence-corrected chi connectivity index (χ4v) is 2.81. The number of aromatic nitrogens is 3. The summed E-state index contributed by atoms with van der Waals surface area (Å²) in [6, 6.07) is 13.8. The third kappa shape index (κ3) is 2.55. The Morgan fingerprint density at radius 1 is 1.15 bits per heavy atom. The molecular weight excluding hydrogens is 270 g/mol. The van der Waals surface area contributed by atoms with E-state index >= 15 is 0 Å². The molecule has 1 aromatic carbocycles. The molecule has 0 saturated carbocycles. The van der Waals surface area contributed by atoms with E-state index in [1.54, 1.807) is 11.8 Å². The maximum absolute atomic E-state index is 9.78. The van der Waals surface area contributed by atoms with Crippen LogP contribution in [0.5, 0.6) is 0 Å². The van der Waals surface area contributed by atoms with Crippen LogP contribution in [0.25, 0.3) is 5.65 Å². The molecule has 0 unspecified atom stereocenters. The highest BCUT2D eigenvalue weighted by Gasteiger charge is 2.08. The maximum atomic E-state index is 9.78. The van der Waals surface area contributed by atoms with Gasteiger partial charge in [-0.1, -0.05) is 25.1 Å². The molecular formula is C15H15N3OS. The Kier molecular flexibility index (Phi) is 3.71. The summed E-state index contributed by atoms with van der Waals surface area (Å²) in [4.78, 5) is 1.08. The van der Waals surface area contributed by atoms with Gasteiger partial charge in [-0.3, -0.25) is 4.40 Å². The van der Waals surface area contributed by atoms with Gasteiger partial charge in [0.2, 0.25) is 0 Å². The summed E-state index contributed by atoms with van der Waals surface area (Å²) in [5.41, 5.74) is 1.79. The highest BCUT2D eigenvalue weighted by atomic mass is 32.2. The van der Waals surface area contributed by atoms with E-state index in [9.17, 15) is 5.11 Å². The summed E-state index contributed by atoms with van der Waals surface area (Å²) in [6.45, 7) is 1.97. The quantitative estimate of drug-likeness (QED) is 0.799. The van der Waals surface area contributed by atoms with Gasteiger partial charge in [-0.15, -0.1) is 10.2 Å². The molecule has 1 atom stereocenters. The average Bonchev–Trinajstić information content (AvgIpc) is 2.91. The molecule has 0 spiro atoms. The molecule has 2 heterocycles. The van der Waals surface area contributed by atoms with Crippen LogP contribution in [0.15, 0.2) is 58.7 Å². The SMILES string of the molecule is CC[C@H](O)c1ccc(Sc2nnc3ccccn23)cc1. The topological polar surface area (TPSA) is 50.4 Å². The van der Waals surface area contributed by atoms with E-state index in [4.69, 9.17) is 0 Å². The lowest BCUT2D eigenvalue weighted by atomic mass is 10.1. The number of hydrogen-bond donors (Lipinski definition) is 1. The van der Waals surface area contributed by atoms with Crippen molar-refractivity contribution < 1.29 is 5.11 Å². The standard InChI is InChI=1S/C15H15N3OS/c1-2-13(19)11-6-8-12(9-7-11)20-15-17-16-14-5-3-4-10-18(14)15/h3-10,13,19H,2H2,1H3/t13-/m0/s1. The zero-order valence-electron chi connectivity index (χ0n) is 11.1. The summed E-state index contributed by atoms with van der Waals surface area (Å²) in [6.07, 6.45) is 2.29. The third-order valence-corrected chi connectivity index (χ3v) is 4.11. The summed E-state index contributed by atoms with van der Waals surface area (Å²) in [5.74, 6) is 0. The molecule has 2 aromatic heterocycles. The van der Waals surface area contributed by atoms with Gasteiger partial charge in [-0.2, -0.15) is 0 Å². The van der Waals surface area contributed by atoms with Gasteiger partial charge in [0.25, 0.3) is 0 Å². The minimum Gasteiger partial charge on any atom is -0.388 e. The molecule has 0 amide bonds. The molecule has 0 aliphatic carbocycles. The molecule has 4 nitrogen and oxygen atoms in total. The molecule has 0 bridgehead atoms. The number of fused-ring (bicyclic) bond motifs is 1. The Bertz CT molecular complexity index is 708. The van der Waals surface area contributed by atoms with Crippen LogP contribution in [0.1, 0.15) is 25.0 Å². The molecule has 5 heteroatoms. The Morgan fingerprint density at radius 2 is 1.95 bits per heavy atom. The predicted octanol–water partition coefficient (Wildman–Crippen LogP) is 3.32. The fraction of sp³-hybridized carbons (Fsp3) is 0.200. The van der Waals surface area contributed by atoms with Crippen LogP contribution in [-0.2, 0) is 0 Å². The lowest BCUT2D eigenvalue weighted by molar-refractivity contribution is 0.173. The average molecular weight is 285 g/mol. The van der Waals surface area contributed by atoms with Crippen molar-refractivity contribution in [3.8, 4) is 0 Å². The molecule has 0 radical (unpaired) electrons.